The van der Waals surface area contributed by atoms with Gasteiger partial charge in [-0.1, -0.05) is 6.92 Å². The molecule has 3 aromatic heterocycles. The summed E-state index contributed by atoms with van der Waals surface area (Å²) in [5.41, 5.74) is 0.450. The molecule has 0 aliphatic heterocycles. The third-order valence-electron chi connectivity index (χ3n) is 2.98. The van der Waals surface area contributed by atoms with E-state index in [1.165, 1.54) is 18.5 Å². The third kappa shape index (κ3) is 2.95. The predicted molar refractivity (Wildman–Crippen MR) is 76.2 cm³/mol. The van der Waals surface area contributed by atoms with Gasteiger partial charge < -0.3 is 13.8 Å². The first-order chi connectivity index (χ1) is 10.6. The minimum Gasteiger partial charge on any atom is -0.468 e. The normalized spacial score (nSPS) is 11.9. The van der Waals surface area contributed by atoms with Crippen LogP contribution in [0.1, 0.15) is 18.6 Å². The summed E-state index contributed by atoms with van der Waals surface area (Å²) < 4.78 is 37.3. The zero-order chi connectivity index (χ0) is 15.6. The molecule has 3 rings (SSSR count). The van der Waals surface area contributed by atoms with Crippen LogP contribution in [-0.4, -0.2) is 23.6 Å². The number of hydrogen-bond acceptors (Lipinski definition) is 6. The number of nitrogens with one attached hydrogen (secondary N) is 2. The Morgan fingerprint density at radius 2 is 2.23 bits per heavy atom. The number of aromatic nitrogens is 3. The van der Waals surface area contributed by atoms with Gasteiger partial charge in [-0.15, -0.1) is 10.2 Å². The lowest BCUT2D eigenvalue weighted by molar-refractivity contribution is 0.498. The van der Waals surface area contributed by atoms with Gasteiger partial charge in [0.2, 0.25) is 15.9 Å². The van der Waals surface area contributed by atoms with Crippen molar-refractivity contribution in [2.24, 2.45) is 0 Å². The van der Waals surface area contributed by atoms with Crippen LogP contribution in [-0.2, 0) is 23.0 Å². The van der Waals surface area contributed by atoms with E-state index >= 15 is 0 Å². The average Bonchev–Trinajstić information content (AvgIpc) is 3.24. The van der Waals surface area contributed by atoms with Crippen molar-refractivity contribution in [1.29, 1.82) is 0 Å². The number of furan rings is 1. The molecule has 0 aromatic carbocycles. The van der Waals surface area contributed by atoms with Crippen LogP contribution in [0.15, 0.2) is 44.4 Å². The Kier molecular flexibility index (Phi) is 3.82. The standard InChI is InChI=1S/C13H14N4O4S/c1-2-12-16-17-13(21-12)11-6-10(8-14-11)22(18,19)15-7-9-4-3-5-20-9/h3-6,8,14-15H,2,7H2,1H3. The zero-order valence-electron chi connectivity index (χ0n) is 11.7. The first-order valence-corrected chi connectivity index (χ1v) is 8.10. The minimum atomic E-state index is -3.65. The summed E-state index contributed by atoms with van der Waals surface area (Å²) in [6, 6.07) is 4.83. The summed E-state index contributed by atoms with van der Waals surface area (Å²) in [6.45, 7) is 1.97. The van der Waals surface area contributed by atoms with Gasteiger partial charge in [0.15, 0.2) is 0 Å². The van der Waals surface area contributed by atoms with Crippen LogP contribution in [0.25, 0.3) is 11.6 Å². The molecule has 0 radical (unpaired) electrons. The van der Waals surface area contributed by atoms with Crippen LogP contribution >= 0.6 is 0 Å². The molecule has 9 heteroatoms. The Labute approximate surface area is 126 Å². The fraction of sp³-hybridized carbons (Fsp3) is 0.231. The first-order valence-electron chi connectivity index (χ1n) is 6.61. The molecule has 0 saturated carbocycles. The number of aryl methyl sites for hydroxylation is 1. The topological polar surface area (TPSA) is 114 Å². The molecule has 0 aliphatic rings. The van der Waals surface area contributed by atoms with E-state index in [4.69, 9.17) is 8.83 Å². The molecule has 0 saturated heterocycles. The zero-order valence-corrected chi connectivity index (χ0v) is 12.6. The van der Waals surface area contributed by atoms with Gasteiger partial charge in [-0.05, 0) is 18.2 Å². The molecule has 116 valence electrons. The molecular weight excluding hydrogens is 308 g/mol. The van der Waals surface area contributed by atoms with Gasteiger partial charge in [-0.25, -0.2) is 13.1 Å². The molecule has 0 spiro atoms. The fourth-order valence-corrected chi connectivity index (χ4v) is 2.81. The van der Waals surface area contributed by atoms with Crippen molar-refractivity contribution in [1.82, 2.24) is 19.9 Å². The molecule has 0 unspecified atom stereocenters. The summed E-state index contributed by atoms with van der Waals surface area (Å²) in [4.78, 5) is 2.91. The van der Waals surface area contributed by atoms with Crippen LogP contribution in [0.3, 0.4) is 0 Å². The maximum atomic E-state index is 12.2. The number of rotatable bonds is 6. The van der Waals surface area contributed by atoms with Crippen molar-refractivity contribution >= 4 is 10.0 Å². The van der Waals surface area contributed by atoms with Crippen LogP contribution in [0.2, 0.25) is 0 Å². The number of aromatic amines is 1. The van der Waals surface area contributed by atoms with E-state index in [0.29, 0.717) is 23.8 Å². The largest absolute Gasteiger partial charge is 0.468 e. The van der Waals surface area contributed by atoms with Gasteiger partial charge in [0.05, 0.1) is 12.8 Å². The molecule has 0 fully saturated rings. The van der Waals surface area contributed by atoms with E-state index < -0.39 is 10.0 Å². The molecule has 0 aliphatic carbocycles. The SMILES string of the molecule is CCc1nnc(-c2cc(S(=O)(=O)NCc3ccco3)c[nH]2)o1. The molecule has 3 aromatic rings. The molecule has 2 N–H and O–H groups in total. The molecule has 0 amide bonds. The number of nitrogens with zero attached hydrogens (tertiary/aromatic N) is 2. The van der Waals surface area contributed by atoms with Crippen LogP contribution in [0.4, 0.5) is 0 Å². The smallest absolute Gasteiger partial charge is 0.264 e. The molecular formula is C13H14N4O4S. The van der Waals surface area contributed by atoms with E-state index in [2.05, 4.69) is 19.9 Å². The quantitative estimate of drug-likeness (QED) is 0.714. The Balaban J connectivity index is 1.77. The predicted octanol–water partition coefficient (Wildman–Crippen LogP) is 1.70. The second-order valence-corrected chi connectivity index (χ2v) is 6.27. The lowest BCUT2D eigenvalue weighted by Crippen LogP contribution is -2.22. The van der Waals surface area contributed by atoms with E-state index in [9.17, 15) is 8.42 Å². The van der Waals surface area contributed by atoms with E-state index in [1.54, 1.807) is 12.1 Å². The van der Waals surface area contributed by atoms with Gasteiger partial charge in [0.25, 0.3) is 5.89 Å². The Morgan fingerprint density at radius 3 is 2.91 bits per heavy atom. The van der Waals surface area contributed by atoms with Crippen molar-refractivity contribution in [2.75, 3.05) is 0 Å². The van der Waals surface area contributed by atoms with Crippen LogP contribution < -0.4 is 4.72 Å². The van der Waals surface area contributed by atoms with Crippen LogP contribution in [0, 0.1) is 0 Å². The van der Waals surface area contributed by atoms with Gasteiger partial charge in [-0.3, -0.25) is 0 Å². The second-order valence-electron chi connectivity index (χ2n) is 4.51. The maximum absolute atomic E-state index is 12.2. The van der Waals surface area contributed by atoms with Crippen molar-refractivity contribution in [2.45, 2.75) is 24.8 Å². The van der Waals surface area contributed by atoms with Crippen LogP contribution in [0.5, 0.6) is 0 Å². The van der Waals surface area contributed by atoms with Gasteiger partial charge in [-0.2, -0.15) is 0 Å². The highest BCUT2D eigenvalue weighted by atomic mass is 32.2. The summed E-state index contributed by atoms with van der Waals surface area (Å²) >= 11 is 0. The lowest BCUT2D eigenvalue weighted by atomic mass is 10.4. The molecule has 0 bridgehead atoms. The maximum Gasteiger partial charge on any atom is 0.264 e. The van der Waals surface area contributed by atoms with E-state index in [1.807, 2.05) is 6.92 Å². The van der Waals surface area contributed by atoms with Gasteiger partial charge in [0.1, 0.15) is 16.3 Å². The van der Waals surface area contributed by atoms with Gasteiger partial charge in [0, 0.05) is 12.6 Å². The highest BCUT2D eigenvalue weighted by Gasteiger charge is 2.18. The number of H-pyrrole nitrogens is 1. The van der Waals surface area contributed by atoms with E-state index in [0.717, 1.165) is 0 Å². The summed E-state index contributed by atoms with van der Waals surface area (Å²) in [5.74, 6) is 1.28. The minimum absolute atomic E-state index is 0.0797. The van der Waals surface area contributed by atoms with Crippen molar-refractivity contribution in [3.05, 3.63) is 42.3 Å². The number of sulfonamides is 1. The summed E-state index contributed by atoms with van der Waals surface area (Å²) in [7, 11) is -3.65. The third-order valence-corrected chi connectivity index (χ3v) is 4.36. The second kappa shape index (κ2) is 5.78. The molecule has 3 heterocycles. The van der Waals surface area contributed by atoms with Gasteiger partial charge >= 0.3 is 0 Å². The average molecular weight is 322 g/mol. The molecule has 22 heavy (non-hydrogen) atoms. The first kappa shape index (κ1) is 14.5. The Morgan fingerprint density at radius 1 is 1.36 bits per heavy atom. The van der Waals surface area contributed by atoms with Crippen molar-refractivity contribution in [3.8, 4) is 11.6 Å². The molecule has 0 atom stereocenters. The Bertz CT molecular complexity index is 848. The summed E-state index contributed by atoms with van der Waals surface area (Å²) in [5, 5.41) is 7.70. The fourth-order valence-electron chi connectivity index (χ4n) is 1.82. The monoisotopic (exact) mass is 322 g/mol. The van der Waals surface area contributed by atoms with Crippen molar-refractivity contribution < 1.29 is 17.3 Å². The summed E-state index contributed by atoms with van der Waals surface area (Å²) in [6.07, 6.45) is 3.47. The van der Waals surface area contributed by atoms with E-state index in [-0.39, 0.29) is 17.3 Å². The highest BCUT2D eigenvalue weighted by Crippen LogP contribution is 2.20. The Hall–Kier alpha value is -2.39. The highest BCUT2D eigenvalue weighted by molar-refractivity contribution is 7.89. The lowest BCUT2D eigenvalue weighted by Gasteiger charge is -2.02. The van der Waals surface area contributed by atoms with Crippen molar-refractivity contribution in [3.63, 3.8) is 0 Å². The molecule has 8 nitrogen and oxygen atoms in total. The number of hydrogen-bond donors (Lipinski definition) is 2.